The van der Waals surface area contributed by atoms with Gasteiger partial charge in [0.15, 0.2) is 0 Å². The molecule has 0 spiro atoms. The number of hydrogen-bond acceptors (Lipinski definition) is 2. The molecule has 16 heavy (non-hydrogen) atoms. The van der Waals surface area contributed by atoms with Gasteiger partial charge in [0.1, 0.15) is 0 Å². The van der Waals surface area contributed by atoms with E-state index in [4.69, 9.17) is 5.73 Å². The highest BCUT2D eigenvalue weighted by atomic mass is 15.2. The lowest BCUT2D eigenvalue weighted by Crippen LogP contribution is -2.56. The molecule has 1 saturated carbocycles. The molecule has 1 fully saturated rings. The monoisotopic (exact) mass is 226 g/mol. The molecule has 0 amide bonds. The van der Waals surface area contributed by atoms with E-state index in [0.717, 1.165) is 19.0 Å². The second-order valence-electron chi connectivity index (χ2n) is 5.24. The lowest BCUT2D eigenvalue weighted by Gasteiger charge is -2.44. The molecular weight excluding hydrogens is 196 g/mol. The van der Waals surface area contributed by atoms with Gasteiger partial charge < -0.3 is 5.73 Å². The van der Waals surface area contributed by atoms with Crippen LogP contribution in [0.3, 0.4) is 0 Å². The molecule has 0 heterocycles. The number of hydrogen-bond donors (Lipinski definition) is 1. The van der Waals surface area contributed by atoms with Crippen LogP contribution in [-0.2, 0) is 0 Å². The Labute approximate surface area is 102 Å². The zero-order valence-electron chi connectivity index (χ0n) is 11.5. The van der Waals surface area contributed by atoms with Gasteiger partial charge in [0.05, 0.1) is 0 Å². The fourth-order valence-corrected chi connectivity index (χ4v) is 3.57. The summed E-state index contributed by atoms with van der Waals surface area (Å²) in [6.07, 6.45) is 7.97. The molecule has 0 aromatic rings. The minimum atomic E-state index is 0.332. The lowest BCUT2D eigenvalue weighted by atomic mass is 9.83. The summed E-state index contributed by atoms with van der Waals surface area (Å²) in [6.45, 7) is 10.1. The Balaban J connectivity index is 2.74. The number of rotatable bonds is 7. The van der Waals surface area contributed by atoms with Crippen LogP contribution in [0.5, 0.6) is 0 Å². The molecule has 0 bridgehead atoms. The van der Waals surface area contributed by atoms with Crippen molar-refractivity contribution in [3.05, 3.63) is 0 Å². The van der Waals surface area contributed by atoms with Crippen molar-refractivity contribution in [2.45, 2.75) is 64.8 Å². The summed E-state index contributed by atoms with van der Waals surface area (Å²) in [5.74, 6) is 0.828. The first-order valence-electron chi connectivity index (χ1n) is 7.20. The minimum Gasteiger partial charge on any atom is -0.329 e. The van der Waals surface area contributed by atoms with Crippen molar-refractivity contribution < 1.29 is 0 Å². The third kappa shape index (κ3) is 2.60. The van der Waals surface area contributed by atoms with Crippen molar-refractivity contribution in [2.75, 3.05) is 19.6 Å². The van der Waals surface area contributed by atoms with Crippen LogP contribution in [0.1, 0.15) is 59.3 Å². The molecule has 0 radical (unpaired) electrons. The van der Waals surface area contributed by atoms with Gasteiger partial charge >= 0.3 is 0 Å². The van der Waals surface area contributed by atoms with E-state index in [1.807, 2.05) is 0 Å². The van der Waals surface area contributed by atoms with E-state index >= 15 is 0 Å². The Hall–Kier alpha value is -0.0800. The summed E-state index contributed by atoms with van der Waals surface area (Å²) >= 11 is 0. The summed E-state index contributed by atoms with van der Waals surface area (Å²) in [5, 5.41) is 0. The molecular formula is C14H30N2. The summed E-state index contributed by atoms with van der Waals surface area (Å²) in [6, 6.07) is 0. The zero-order valence-corrected chi connectivity index (χ0v) is 11.5. The molecule has 1 aliphatic rings. The fraction of sp³-hybridized carbons (Fsp3) is 1.00. The number of unbranched alkanes of at least 4 members (excludes halogenated alkanes) is 1. The molecule has 0 aliphatic heterocycles. The molecule has 2 N–H and O–H groups in total. The molecule has 0 saturated heterocycles. The van der Waals surface area contributed by atoms with Gasteiger partial charge in [0, 0.05) is 12.1 Å². The van der Waals surface area contributed by atoms with Crippen molar-refractivity contribution in [2.24, 2.45) is 11.7 Å². The van der Waals surface area contributed by atoms with Crippen LogP contribution in [0, 0.1) is 5.92 Å². The molecule has 1 rings (SSSR count). The third-order valence-corrected chi connectivity index (χ3v) is 4.56. The van der Waals surface area contributed by atoms with Crippen molar-refractivity contribution in [3.8, 4) is 0 Å². The van der Waals surface area contributed by atoms with Gasteiger partial charge in [-0.25, -0.2) is 0 Å². The molecule has 2 nitrogen and oxygen atoms in total. The Morgan fingerprint density at radius 1 is 1.31 bits per heavy atom. The summed E-state index contributed by atoms with van der Waals surface area (Å²) in [5.41, 5.74) is 6.47. The van der Waals surface area contributed by atoms with Crippen LogP contribution in [0.2, 0.25) is 0 Å². The van der Waals surface area contributed by atoms with Crippen LogP contribution in [-0.4, -0.2) is 30.1 Å². The Morgan fingerprint density at radius 2 is 2.06 bits per heavy atom. The first-order valence-corrected chi connectivity index (χ1v) is 7.20. The molecule has 1 aliphatic carbocycles. The molecule has 2 atom stereocenters. The summed E-state index contributed by atoms with van der Waals surface area (Å²) < 4.78 is 0. The maximum Gasteiger partial charge on any atom is 0.0359 e. The van der Waals surface area contributed by atoms with E-state index in [1.54, 1.807) is 0 Å². The first-order chi connectivity index (χ1) is 7.75. The first kappa shape index (κ1) is 14.0. The van der Waals surface area contributed by atoms with Gasteiger partial charge in [0.25, 0.3) is 0 Å². The summed E-state index contributed by atoms with van der Waals surface area (Å²) in [7, 11) is 0. The van der Waals surface area contributed by atoms with Crippen LogP contribution in [0.25, 0.3) is 0 Å². The molecule has 0 aromatic carbocycles. The Morgan fingerprint density at radius 3 is 2.56 bits per heavy atom. The van der Waals surface area contributed by atoms with E-state index in [9.17, 15) is 0 Å². The number of likely N-dealkylation sites (N-methyl/N-ethyl adjacent to an activating group) is 1. The highest BCUT2D eigenvalue weighted by Gasteiger charge is 2.44. The minimum absolute atomic E-state index is 0.332. The maximum atomic E-state index is 6.14. The highest BCUT2D eigenvalue weighted by Crippen LogP contribution is 2.41. The van der Waals surface area contributed by atoms with E-state index in [1.165, 1.54) is 45.1 Å². The average Bonchev–Trinajstić information content (AvgIpc) is 2.74. The van der Waals surface area contributed by atoms with Gasteiger partial charge in [-0.3, -0.25) is 4.90 Å². The maximum absolute atomic E-state index is 6.14. The zero-order chi connectivity index (χ0) is 12.0. The predicted molar refractivity (Wildman–Crippen MR) is 71.6 cm³/mol. The summed E-state index contributed by atoms with van der Waals surface area (Å²) in [4.78, 5) is 2.68. The topological polar surface area (TPSA) is 29.3 Å². The second kappa shape index (κ2) is 6.61. The van der Waals surface area contributed by atoms with E-state index < -0.39 is 0 Å². The molecule has 2 unspecified atom stereocenters. The molecule has 0 aromatic heterocycles. The predicted octanol–water partition coefficient (Wildman–Crippen LogP) is 3.02. The van der Waals surface area contributed by atoms with Crippen LogP contribution in [0.4, 0.5) is 0 Å². The smallest absolute Gasteiger partial charge is 0.0359 e. The molecule has 96 valence electrons. The van der Waals surface area contributed by atoms with E-state index in [2.05, 4.69) is 25.7 Å². The van der Waals surface area contributed by atoms with Gasteiger partial charge in [0.2, 0.25) is 0 Å². The van der Waals surface area contributed by atoms with Crippen molar-refractivity contribution >= 4 is 0 Å². The fourth-order valence-electron chi connectivity index (χ4n) is 3.57. The largest absolute Gasteiger partial charge is 0.329 e. The average molecular weight is 226 g/mol. The van der Waals surface area contributed by atoms with Crippen LogP contribution < -0.4 is 5.73 Å². The van der Waals surface area contributed by atoms with Gasteiger partial charge in [-0.15, -0.1) is 0 Å². The SMILES string of the molecule is CCCCN(CC)C1(CN)CCCC1CC. The molecule has 2 heteroatoms. The lowest BCUT2D eigenvalue weighted by molar-refractivity contribution is 0.0591. The second-order valence-corrected chi connectivity index (χ2v) is 5.24. The van der Waals surface area contributed by atoms with Gasteiger partial charge in [-0.1, -0.05) is 40.0 Å². The quantitative estimate of drug-likeness (QED) is 0.723. The third-order valence-electron chi connectivity index (χ3n) is 4.56. The van der Waals surface area contributed by atoms with Crippen molar-refractivity contribution in [3.63, 3.8) is 0 Å². The number of nitrogens with two attached hydrogens (primary N) is 1. The normalized spacial score (nSPS) is 30.2. The van der Waals surface area contributed by atoms with Gasteiger partial charge in [-0.05, 0) is 38.3 Å². The highest BCUT2D eigenvalue weighted by molar-refractivity contribution is 5.01. The van der Waals surface area contributed by atoms with Crippen LogP contribution in [0.15, 0.2) is 0 Å². The standard InChI is InChI=1S/C14H30N2/c1-4-7-11-16(6-3)14(12-15)10-8-9-13(14)5-2/h13H,4-12,15H2,1-3H3. The Kier molecular flexibility index (Phi) is 5.77. The van der Waals surface area contributed by atoms with Crippen LogP contribution >= 0.6 is 0 Å². The Bertz CT molecular complexity index is 193. The van der Waals surface area contributed by atoms with Crippen molar-refractivity contribution in [1.82, 2.24) is 4.90 Å². The van der Waals surface area contributed by atoms with E-state index in [-0.39, 0.29) is 0 Å². The number of nitrogens with zero attached hydrogens (tertiary/aromatic N) is 1. The van der Waals surface area contributed by atoms with Gasteiger partial charge in [-0.2, -0.15) is 0 Å². The van der Waals surface area contributed by atoms with Crippen molar-refractivity contribution in [1.29, 1.82) is 0 Å². The van der Waals surface area contributed by atoms with E-state index in [0.29, 0.717) is 5.54 Å².